The van der Waals surface area contributed by atoms with E-state index in [-0.39, 0.29) is 0 Å². The minimum atomic E-state index is -0.643. The molecule has 2 aromatic rings. The van der Waals surface area contributed by atoms with Crippen LogP contribution in [0.1, 0.15) is 80.8 Å². The zero-order chi connectivity index (χ0) is 22.4. The fraction of sp³-hybridized carbons (Fsp3) is 0.538. The summed E-state index contributed by atoms with van der Waals surface area (Å²) in [5.41, 5.74) is 6.69. The Hall–Kier alpha value is -2.08. The Morgan fingerprint density at radius 1 is 0.806 bits per heavy atom. The average Bonchev–Trinajstić information content (AvgIpc) is 2.67. The molecule has 0 atom stereocenters. The zero-order valence-corrected chi connectivity index (χ0v) is 19.8. The van der Waals surface area contributed by atoms with Crippen molar-refractivity contribution in [3.8, 4) is 11.5 Å². The van der Waals surface area contributed by atoms with E-state index in [1.165, 1.54) is 11.1 Å². The van der Waals surface area contributed by atoms with Crippen LogP contribution >= 0.6 is 0 Å². The molecule has 0 aliphatic carbocycles. The first-order chi connectivity index (χ1) is 14.5. The highest BCUT2D eigenvalue weighted by atomic mass is 16.7. The van der Waals surface area contributed by atoms with Gasteiger partial charge in [0.2, 0.25) is 11.6 Å². The number of benzene rings is 2. The molecule has 2 heterocycles. The Morgan fingerprint density at radius 2 is 1.32 bits per heavy atom. The number of hydrogen-bond donors (Lipinski definition) is 0. The summed E-state index contributed by atoms with van der Waals surface area (Å²) < 4.78 is 30.2. The molecular weight excluding hydrogens is 392 g/mol. The van der Waals surface area contributed by atoms with Gasteiger partial charge in [-0.05, 0) is 30.5 Å². The zero-order valence-electron chi connectivity index (χ0n) is 19.8. The van der Waals surface area contributed by atoms with Crippen LogP contribution in [0.2, 0.25) is 0 Å². The molecule has 0 spiro atoms. The van der Waals surface area contributed by atoms with Crippen molar-refractivity contribution in [2.75, 3.05) is 0 Å². The molecule has 0 amide bonds. The highest BCUT2D eigenvalue weighted by Crippen LogP contribution is 2.38. The third-order valence-electron chi connectivity index (χ3n) is 5.68. The molecular formula is C26H34O5. The molecule has 4 rings (SSSR count). The van der Waals surface area contributed by atoms with Gasteiger partial charge in [-0.25, -0.2) is 0 Å². The summed E-state index contributed by atoms with van der Waals surface area (Å²) in [6, 6.07) is 8.63. The first-order valence-electron chi connectivity index (χ1n) is 11.0. The van der Waals surface area contributed by atoms with Gasteiger partial charge in [0.25, 0.3) is 0 Å². The van der Waals surface area contributed by atoms with E-state index in [1.54, 1.807) is 0 Å². The third kappa shape index (κ3) is 4.89. The lowest BCUT2D eigenvalue weighted by atomic mass is 9.96. The van der Waals surface area contributed by atoms with E-state index in [0.717, 1.165) is 33.8 Å². The van der Waals surface area contributed by atoms with Crippen molar-refractivity contribution in [3.05, 3.63) is 57.6 Å². The number of ether oxygens (including phenoxy) is 5. The largest absolute Gasteiger partial charge is 0.462 e. The molecule has 0 unspecified atom stereocenters. The third-order valence-corrected chi connectivity index (χ3v) is 5.68. The Kier molecular flexibility index (Phi) is 5.80. The van der Waals surface area contributed by atoms with Gasteiger partial charge in [-0.3, -0.25) is 0 Å². The van der Waals surface area contributed by atoms with Gasteiger partial charge in [0.1, 0.15) is 11.5 Å². The molecule has 2 aliphatic rings. The van der Waals surface area contributed by atoms with Crippen molar-refractivity contribution < 1.29 is 23.7 Å². The van der Waals surface area contributed by atoms with Crippen LogP contribution < -0.4 is 9.47 Å². The van der Waals surface area contributed by atoms with Gasteiger partial charge in [-0.15, -0.1) is 0 Å². The highest BCUT2D eigenvalue weighted by Gasteiger charge is 2.31. The Labute approximate surface area is 185 Å². The molecule has 2 aliphatic heterocycles. The van der Waals surface area contributed by atoms with Crippen molar-refractivity contribution in [1.82, 2.24) is 0 Å². The lowest BCUT2D eigenvalue weighted by molar-refractivity contribution is -0.181. The maximum atomic E-state index is 6.22. The van der Waals surface area contributed by atoms with Crippen molar-refractivity contribution in [2.24, 2.45) is 0 Å². The number of fused-ring (bicyclic) bond motifs is 2. The van der Waals surface area contributed by atoms with E-state index in [4.69, 9.17) is 23.7 Å². The van der Waals surface area contributed by atoms with Crippen LogP contribution in [0.25, 0.3) is 0 Å². The summed E-state index contributed by atoms with van der Waals surface area (Å²) in [5.74, 6) is 0.902. The lowest BCUT2D eigenvalue weighted by Crippen LogP contribution is -2.36. The molecule has 168 valence electrons. The highest BCUT2D eigenvalue weighted by molar-refractivity contribution is 5.47. The normalized spacial score (nSPS) is 18.7. The van der Waals surface area contributed by atoms with Crippen LogP contribution in [0.3, 0.4) is 0 Å². The Morgan fingerprint density at radius 3 is 1.87 bits per heavy atom. The summed E-state index contributed by atoms with van der Waals surface area (Å²) >= 11 is 0. The van der Waals surface area contributed by atoms with Crippen LogP contribution in [0.5, 0.6) is 11.5 Å². The quantitative estimate of drug-likeness (QED) is 0.576. The molecule has 31 heavy (non-hydrogen) atoms. The molecule has 0 N–H and O–H groups in total. The first-order valence-corrected chi connectivity index (χ1v) is 11.0. The standard InChI is InChI=1S/C26H34O5/c1-16(2)18-10-21(24-22(11-18)15-29-26(6,7)31-24)13-27-12-19-8-17(3)9-20-14-28-25(4,5)30-23(19)20/h8-11,16H,12-15H2,1-7H3. The summed E-state index contributed by atoms with van der Waals surface area (Å²) in [6.07, 6.45) is 0. The molecule has 5 heteroatoms. The minimum Gasteiger partial charge on any atom is -0.462 e. The van der Waals surface area contributed by atoms with E-state index in [9.17, 15) is 0 Å². The van der Waals surface area contributed by atoms with E-state index in [2.05, 4.69) is 45.0 Å². The average molecular weight is 427 g/mol. The van der Waals surface area contributed by atoms with Gasteiger partial charge in [0, 0.05) is 49.9 Å². The molecule has 5 nitrogen and oxygen atoms in total. The summed E-state index contributed by atoms with van der Waals surface area (Å²) in [6.45, 7) is 16.2. The van der Waals surface area contributed by atoms with Crippen LogP contribution in [0.15, 0.2) is 24.3 Å². The first kappa shape index (κ1) is 22.1. The monoisotopic (exact) mass is 426 g/mol. The fourth-order valence-corrected chi connectivity index (χ4v) is 4.06. The van der Waals surface area contributed by atoms with Crippen molar-refractivity contribution >= 4 is 0 Å². The van der Waals surface area contributed by atoms with E-state index in [0.29, 0.717) is 32.3 Å². The SMILES string of the molecule is Cc1cc(COCc2cc(C(C)C)cc3c2OC(C)(C)OC3)c2c(c1)COC(C)(C)O2. The second-order valence-corrected chi connectivity index (χ2v) is 9.81. The fourth-order valence-electron chi connectivity index (χ4n) is 4.06. The van der Waals surface area contributed by atoms with Gasteiger partial charge in [0.15, 0.2) is 0 Å². The summed E-state index contributed by atoms with van der Waals surface area (Å²) in [5, 5.41) is 0. The smallest absolute Gasteiger partial charge is 0.205 e. The second-order valence-electron chi connectivity index (χ2n) is 9.81. The number of hydrogen-bond acceptors (Lipinski definition) is 5. The van der Waals surface area contributed by atoms with Crippen LogP contribution in [0, 0.1) is 6.92 Å². The predicted molar refractivity (Wildman–Crippen MR) is 119 cm³/mol. The van der Waals surface area contributed by atoms with Gasteiger partial charge in [0.05, 0.1) is 26.4 Å². The predicted octanol–water partition coefficient (Wildman–Crippen LogP) is 6.13. The maximum Gasteiger partial charge on any atom is 0.205 e. The Balaban J connectivity index is 1.57. The van der Waals surface area contributed by atoms with E-state index < -0.39 is 11.6 Å². The van der Waals surface area contributed by atoms with Gasteiger partial charge >= 0.3 is 0 Å². The van der Waals surface area contributed by atoms with Crippen LogP contribution in [-0.2, 0) is 40.6 Å². The van der Waals surface area contributed by atoms with Crippen LogP contribution in [-0.4, -0.2) is 11.6 Å². The van der Waals surface area contributed by atoms with Crippen molar-refractivity contribution in [3.63, 3.8) is 0 Å². The molecule has 0 radical (unpaired) electrons. The molecule has 0 saturated heterocycles. The van der Waals surface area contributed by atoms with Gasteiger partial charge < -0.3 is 23.7 Å². The molecule has 0 saturated carbocycles. The van der Waals surface area contributed by atoms with Gasteiger partial charge in [-0.2, -0.15) is 0 Å². The Bertz CT molecular complexity index is 974. The minimum absolute atomic E-state index is 0.415. The number of rotatable bonds is 5. The van der Waals surface area contributed by atoms with Crippen LogP contribution in [0.4, 0.5) is 0 Å². The molecule has 2 aromatic carbocycles. The maximum absolute atomic E-state index is 6.22. The van der Waals surface area contributed by atoms with Crippen molar-refractivity contribution in [2.45, 2.75) is 92.4 Å². The summed E-state index contributed by atoms with van der Waals surface area (Å²) in [4.78, 5) is 0. The molecule has 0 fully saturated rings. The molecule has 0 bridgehead atoms. The second kappa shape index (κ2) is 8.12. The van der Waals surface area contributed by atoms with Crippen molar-refractivity contribution in [1.29, 1.82) is 0 Å². The van der Waals surface area contributed by atoms with Gasteiger partial charge in [-0.1, -0.05) is 31.5 Å². The van der Waals surface area contributed by atoms with E-state index in [1.807, 2.05) is 27.7 Å². The lowest BCUT2D eigenvalue weighted by Gasteiger charge is -2.35. The number of aryl methyl sites for hydroxylation is 1. The van der Waals surface area contributed by atoms with E-state index >= 15 is 0 Å². The summed E-state index contributed by atoms with van der Waals surface area (Å²) in [7, 11) is 0. The molecule has 0 aromatic heterocycles. The topological polar surface area (TPSA) is 46.2 Å².